The molecule has 0 aliphatic carbocycles. The van der Waals surface area contributed by atoms with Crippen LogP contribution >= 0.6 is 11.6 Å². The molecular formula is C19H17ClN2O3. The van der Waals surface area contributed by atoms with E-state index in [4.69, 9.17) is 21.1 Å². The topological polar surface area (TPSA) is 60.5 Å². The molecule has 1 heterocycles. The molecule has 0 amide bonds. The molecule has 0 saturated carbocycles. The SMILES string of the molecule is COC(=O)c1cnc(Nc2cc(C)c(Cl)cc2OC)c2ccccc12. The highest BCUT2D eigenvalue weighted by atomic mass is 35.5. The number of hydrogen-bond donors (Lipinski definition) is 1. The maximum atomic E-state index is 12.0. The number of nitrogens with one attached hydrogen (secondary N) is 1. The number of methoxy groups -OCH3 is 2. The smallest absolute Gasteiger partial charge is 0.340 e. The minimum Gasteiger partial charge on any atom is -0.495 e. The number of hydrogen-bond acceptors (Lipinski definition) is 5. The molecule has 2 aromatic carbocycles. The maximum Gasteiger partial charge on any atom is 0.340 e. The standard InChI is InChI=1S/C19H17ClN2O3/c1-11-8-16(17(24-2)9-15(11)20)22-18-13-7-5-4-6-12(13)14(10-21-18)19(23)25-3/h4-10H,1-3H3,(H,21,22). The number of carbonyl (C=O) groups is 1. The van der Waals surface area contributed by atoms with E-state index in [2.05, 4.69) is 10.3 Å². The van der Waals surface area contributed by atoms with Crippen LogP contribution < -0.4 is 10.1 Å². The Morgan fingerprint density at radius 3 is 2.56 bits per heavy atom. The number of benzene rings is 2. The van der Waals surface area contributed by atoms with Crippen LogP contribution in [-0.4, -0.2) is 25.2 Å². The van der Waals surface area contributed by atoms with Crippen LogP contribution in [0.1, 0.15) is 15.9 Å². The Hall–Kier alpha value is -2.79. The van der Waals surface area contributed by atoms with E-state index in [0.29, 0.717) is 22.2 Å². The number of carbonyl (C=O) groups excluding carboxylic acids is 1. The zero-order chi connectivity index (χ0) is 18.0. The van der Waals surface area contributed by atoms with Gasteiger partial charge in [0.1, 0.15) is 11.6 Å². The molecule has 5 nitrogen and oxygen atoms in total. The van der Waals surface area contributed by atoms with Gasteiger partial charge in [-0.3, -0.25) is 0 Å². The summed E-state index contributed by atoms with van der Waals surface area (Å²) < 4.78 is 10.2. The number of nitrogens with zero attached hydrogens (tertiary/aromatic N) is 1. The Balaban J connectivity index is 2.12. The molecule has 0 unspecified atom stereocenters. The zero-order valence-corrected chi connectivity index (χ0v) is 14.8. The minimum atomic E-state index is -0.421. The largest absolute Gasteiger partial charge is 0.495 e. The quantitative estimate of drug-likeness (QED) is 0.684. The van der Waals surface area contributed by atoms with Crippen molar-refractivity contribution in [3.63, 3.8) is 0 Å². The molecule has 25 heavy (non-hydrogen) atoms. The predicted octanol–water partition coefficient (Wildman–Crippen LogP) is 4.74. The number of fused-ring (bicyclic) bond motifs is 1. The van der Waals surface area contributed by atoms with E-state index in [1.807, 2.05) is 37.3 Å². The highest BCUT2D eigenvalue weighted by Crippen LogP contribution is 2.35. The third-order valence-corrected chi connectivity index (χ3v) is 4.34. The fourth-order valence-electron chi connectivity index (χ4n) is 2.62. The minimum absolute atomic E-state index is 0.419. The number of aromatic nitrogens is 1. The zero-order valence-electron chi connectivity index (χ0n) is 14.1. The molecule has 0 fully saturated rings. The number of esters is 1. The van der Waals surface area contributed by atoms with Gasteiger partial charge in [-0.2, -0.15) is 0 Å². The van der Waals surface area contributed by atoms with Crippen molar-refractivity contribution in [2.24, 2.45) is 0 Å². The number of pyridine rings is 1. The number of anilines is 2. The Morgan fingerprint density at radius 1 is 1.16 bits per heavy atom. The van der Waals surface area contributed by atoms with Crippen molar-refractivity contribution in [2.45, 2.75) is 6.92 Å². The van der Waals surface area contributed by atoms with Gasteiger partial charge in [0.2, 0.25) is 0 Å². The summed E-state index contributed by atoms with van der Waals surface area (Å²) in [6, 6.07) is 11.2. The Labute approximate surface area is 150 Å². The van der Waals surface area contributed by atoms with Crippen LogP contribution in [0.25, 0.3) is 10.8 Å². The van der Waals surface area contributed by atoms with Crippen LogP contribution in [0, 0.1) is 6.92 Å². The molecular weight excluding hydrogens is 340 g/mol. The first-order valence-corrected chi connectivity index (χ1v) is 8.00. The summed E-state index contributed by atoms with van der Waals surface area (Å²) in [5.74, 6) is 0.803. The number of ether oxygens (including phenoxy) is 2. The average Bonchev–Trinajstić information content (AvgIpc) is 2.64. The van der Waals surface area contributed by atoms with Gasteiger partial charge < -0.3 is 14.8 Å². The first-order valence-electron chi connectivity index (χ1n) is 7.62. The molecule has 0 aliphatic heterocycles. The molecule has 1 aromatic heterocycles. The second-order valence-electron chi connectivity index (χ2n) is 5.48. The van der Waals surface area contributed by atoms with Gasteiger partial charge in [0.15, 0.2) is 0 Å². The summed E-state index contributed by atoms with van der Waals surface area (Å²) in [7, 11) is 2.93. The van der Waals surface area contributed by atoms with Gasteiger partial charge in [0.25, 0.3) is 0 Å². The summed E-state index contributed by atoms with van der Waals surface area (Å²) in [6.45, 7) is 1.92. The van der Waals surface area contributed by atoms with Crippen molar-refractivity contribution in [3.05, 3.63) is 58.7 Å². The van der Waals surface area contributed by atoms with Gasteiger partial charge in [-0.1, -0.05) is 35.9 Å². The van der Waals surface area contributed by atoms with E-state index < -0.39 is 5.97 Å². The van der Waals surface area contributed by atoms with Gasteiger partial charge in [-0.15, -0.1) is 0 Å². The molecule has 1 N–H and O–H groups in total. The molecule has 128 valence electrons. The van der Waals surface area contributed by atoms with Gasteiger partial charge in [0, 0.05) is 28.1 Å². The van der Waals surface area contributed by atoms with Gasteiger partial charge in [-0.05, 0) is 18.6 Å². The Bertz CT molecular complexity index is 957. The lowest BCUT2D eigenvalue weighted by Crippen LogP contribution is -2.05. The lowest BCUT2D eigenvalue weighted by Gasteiger charge is -2.15. The van der Waals surface area contributed by atoms with Crippen LogP contribution in [0.2, 0.25) is 5.02 Å². The summed E-state index contributed by atoms with van der Waals surface area (Å²) in [4.78, 5) is 16.4. The van der Waals surface area contributed by atoms with E-state index in [1.54, 1.807) is 13.2 Å². The normalized spacial score (nSPS) is 10.6. The average molecular weight is 357 g/mol. The fraction of sp³-hybridized carbons (Fsp3) is 0.158. The second kappa shape index (κ2) is 6.99. The molecule has 0 atom stereocenters. The lowest BCUT2D eigenvalue weighted by molar-refractivity contribution is 0.0602. The second-order valence-corrected chi connectivity index (χ2v) is 5.89. The summed E-state index contributed by atoms with van der Waals surface area (Å²) in [6.07, 6.45) is 1.51. The van der Waals surface area contributed by atoms with Crippen molar-refractivity contribution in [3.8, 4) is 5.75 Å². The van der Waals surface area contributed by atoms with Crippen LogP contribution in [0.3, 0.4) is 0 Å². The molecule has 3 aromatic rings. The number of rotatable bonds is 4. The van der Waals surface area contributed by atoms with E-state index in [9.17, 15) is 4.79 Å². The highest BCUT2D eigenvalue weighted by Gasteiger charge is 2.15. The summed E-state index contributed by atoms with van der Waals surface area (Å²) in [5.41, 5.74) is 2.08. The van der Waals surface area contributed by atoms with Crippen molar-refractivity contribution in [1.29, 1.82) is 0 Å². The maximum absolute atomic E-state index is 12.0. The van der Waals surface area contributed by atoms with Crippen molar-refractivity contribution in [1.82, 2.24) is 4.98 Å². The van der Waals surface area contributed by atoms with Gasteiger partial charge >= 0.3 is 5.97 Å². The highest BCUT2D eigenvalue weighted by molar-refractivity contribution is 6.31. The molecule has 0 saturated heterocycles. The van der Waals surface area contributed by atoms with Crippen molar-refractivity contribution in [2.75, 3.05) is 19.5 Å². The van der Waals surface area contributed by atoms with E-state index >= 15 is 0 Å². The first kappa shape index (κ1) is 17.0. The van der Waals surface area contributed by atoms with Crippen molar-refractivity contribution >= 4 is 39.8 Å². The third-order valence-electron chi connectivity index (χ3n) is 3.93. The molecule has 3 rings (SSSR count). The first-order chi connectivity index (χ1) is 12.0. The summed E-state index contributed by atoms with van der Waals surface area (Å²) >= 11 is 6.16. The fourth-order valence-corrected chi connectivity index (χ4v) is 2.78. The predicted molar refractivity (Wildman–Crippen MR) is 99.1 cm³/mol. The van der Waals surface area contributed by atoms with Gasteiger partial charge in [-0.25, -0.2) is 9.78 Å². The molecule has 0 spiro atoms. The van der Waals surface area contributed by atoms with E-state index in [1.165, 1.54) is 13.3 Å². The van der Waals surface area contributed by atoms with Crippen molar-refractivity contribution < 1.29 is 14.3 Å². The third kappa shape index (κ3) is 3.23. The molecule has 6 heteroatoms. The summed E-state index contributed by atoms with van der Waals surface area (Å²) in [5, 5.41) is 5.46. The number of halogens is 1. The van der Waals surface area contributed by atoms with E-state index in [0.717, 1.165) is 22.0 Å². The van der Waals surface area contributed by atoms with Gasteiger partial charge in [0.05, 0.1) is 25.5 Å². The monoisotopic (exact) mass is 356 g/mol. The molecule has 0 radical (unpaired) electrons. The Morgan fingerprint density at radius 2 is 1.88 bits per heavy atom. The molecule has 0 bridgehead atoms. The van der Waals surface area contributed by atoms with Crippen LogP contribution in [0.15, 0.2) is 42.6 Å². The van der Waals surface area contributed by atoms with E-state index in [-0.39, 0.29) is 0 Å². The lowest BCUT2D eigenvalue weighted by atomic mass is 10.1. The Kier molecular flexibility index (Phi) is 4.76. The van der Waals surface area contributed by atoms with Crippen LogP contribution in [0.4, 0.5) is 11.5 Å². The van der Waals surface area contributed by atoms with Crippen LogP contribution in [0.5, 0.6) is 5.75 Å². The molecule has 0 aliphatic rings. The van der Waals surface area contributed by atoms with Crippen LogP contribution in [-0.2, 0) is 4.74 Å². The number of aryl methyl sites for hydroxylation is 1.